The zero-order valence-corrected chi connectivity index (χ0v) is 18.6. The number of rotatable bonds is 6. The van der Waals surface area contributed by atoms with Crippen LogP contribution in [0, 0.1) is 19.8 Å². The van der Waals surface area contributed by atoms with Gasteiger partial charge in [0.2, 0.25) is 15.9 Å². The first-order valence-electron chi connectivity index (χ1n) is 10.3. The average Bonchev–Trinajstić information content (AvgIpc) is 3.42. The fraction of sp³-hybridized carbons (Fsp3) is 0.318. The lowest BCUT2D eigenvalue weighted by Crippen LogP contribution is -2.41. The molecular formula is C22H24N4O5S. The Balaban J connectivity index is 1.44. The van der Waals surface area contributed by atoms with Crippen LogP contribution in [0.5, 0.6) is 0 Å². The highest BCUT2D eigenvalue weighted by Gasteiger charge is 2.36. The van der Waals surface area contributed by atoms with E-state index in [2.05, 4.69) is 15.5 Å². The van der Waals surface area contributed by atoms with Gasteiger partial charge in [-0.05, 0) is 68.7 Å². The molecule has 0 aliphatic carbocycles. The molecule has 1 aliphatic heterocycles. The summed E-state index contributed by atoms with van der Waals surface area (Å²) in [5.41, 5.74) is 1.28. The van der Waals surface area contributed by atoms with Crippen molar-refractivity contribution in [3.05, 3.63) is 59.5 Å². The number of hydrogen-bond acceptors (Lipinski definition) is 7. The Morgan fingerprint density at radius 2 is 2.00 bits per heavy atom. The van der Waals surface area contributed by atoms with E-state index in [0.717, 1.165) is 5.56 Å². The van der Waals surface area contributed by atoms with Crippen molar-refractivity contribution in [2.45, 2.75) is 31.6 Å². The van der Waals surface area contributed by atoms with Gasteiger partial charge in [-0.1, -0.05) is 5.16 Å². The number of nitrogens with one attached hydrogen (secondary N) is 1. The molecule has 3 aromatic rings. The summed E-state index contributed by atoms with van der Waals surface area (Å²) in [5, 5.41) is 6.66. The van der Waals surface area contributed by atoms with Crippen LogP contribution in [0.2, 0.25) is 0 Å². The number of furan rings is 1. The SMILES string of the molecule is Cc1ccnc(NC(=O)C2CCN(S(=O)(=O)c3c(C)noc3C=Cc3ccco3)CC2)c1. The molecule has 3 aromatic heterocycles. The molecular weight excluding hydrogens is 432 g/mol. The van der Waals surface area contributed by atoms with Crippen LogP contribution < -0.4 is 5.32 Å². The van der Waals surface area contributed by atoms with Gasteiger partial charge in [-0.2, -0.15) is 4.31 Å². The molecule has 1 aliphatic rings. The van der Waals surface area contributed by atoms with Crippen LogP contribution in [0.25, 0.3) is 12.2 Å². The summed E-state index contributed by atoms with van der Waals surface area (Å²) in [7, 11) is -3.83. The van der Waals surface area contributed by atoms with Gasteiger partial charge in [-0.3, -0.25) is 4.79 Å². The first kappa shape index (κ1) is 22.0. The topological polar surface area (TPSA) is 119 Å². The molecule has 4 rings (SSSR count). The minimum atomic E-state index is -3.83. The van der Waals surface area contributed by atoms with E-state index in [9.17, 15) is 13.2 Å². The first-order valence-corrected chi connectivity index (χ1v) is 11.7. The Kier molecular flexibility index (Phi) is 6.24. The number of pyridine rings is 1. The van der Waals surface area contributed by atoms with Crippen molar-refractivity contribution >= 4 is 33.9 Å². The van der Waals surface area contributed by atoms with E-state index in [1.807, 2.05) is 13.0 Å². The molecule has 1 saturated heterocycles. The van der Waals surface area contributed by atoms with Crippen LogP contribution in [-0.2, 0) is 14.8 Å². The van der Waals surface area contributed by atoms with Crippen molar-refractivity contribution in [3.8, 4) is 0 Å². The van der Waals surface area contributed by atoms with Crippen LogP contribution in [0.3, 0.4) is 0 Å². The lowest BCUT2D eigenvalue weighted by molar-refractivity contribution is -0.120. The number of aryl methyl sites for hydroxylation is 2. The average molecular weight is 457 g/mol. The van der Waals surface area contributed by atoms with Crippen molar-refractivity contribution in [2.75, 3.05) is 18.4 Å². The molecule has 168 valence electrons. The molecule has 0 bridgehead atoms. The zero-order valence-electron chi connectivity index (χ0n) is 17.8. The highest BCUT2D eigenvalue weighted by Crippen LogP contribution is 2.29. The number of piperidine rings is 1. The van der Waals surface area contributed by atoms with E-state index in [-0.39, 0.29) is 41.3 Å². The number of aromatic nitrogens is 2. The predicted molar refractivity (Wildman–Crippen MR) is 118 cm³/mol. The van der Waals surface area contributed by atoms with Crippen molar-refractivity contribution in [3.63, 3.8) is 0 Å². The maximum atomic E-state index is 13.3. The summed E-state index contributed by atoms with van der Waals surface area (Å²) in [6.45, 7) is 3.97. The number of hydrogen-bond donors (Lipinski definition) is 1. The molecule has 32 heavy (non-hydrogen) atoms. The van der Waals surface area contributed by atoms with E-state index in [1.165, 1.54) is 16.6 Å². The molecule has 10 heteroatoms. The van der Waals surface area contributed by atoms with Crippen LogP contribution in [-0.4, -0.2) is 41.9 Å². The van der Waals surface area contributed by atoms with Crippen LogP contribution >= 0.6 is 0 Å². The zero-order chi connectivity index (χ0) is 22.7. The second kappa shape index (κ2) is 9.09. The summed E-state index contributed by atoms with van der Waals surface area (Å²) in [6, 6.07) is 7.13. The van der Waals surface area contributed by atoms with Crippen molar-refractivity contribution in [1.82, 2.24) is 14.4 Å². The van der Waals surface area contributed by atoms with Gasteiger partial charge in [0.1, 0.15) is 17.3 Å². The van der Waals surface area contributed by atoms with Crippen LogP contribution in [0.4, 0.5) is 5.82 Å². The lowest BCUT2D eigenvalue weighted by atomic mass is 9.97. The second-order valence-corrected chi connectivity index (χ2v) is 9.57. The van der Waals surface area contributed by atoms with Crippen LogP contribution in [0.1, 0.15) is 35.6 Å². The van der Waals surface area contributed by atoms with Gasteiger partial charge >= 0.3 is 0 Å². The van der Waals surface area contributed by atoms with Crippen molar-refractivity contribution in [1.29, 1.82) is 0 Å². The third-order valence-electron chi connectivity index (χ3n) is 5.36. The number of carbonyl (C=O) groups excluding carboxylic acids is 1. The van der Waals surface area contributed by atoms with Gasteiger partial charge in [0.25, 0.3) is 0 Å². The first-order chi connectivity index (χ1) is 15.3. The van der Waals surface area contributed by atoms with E-state index < -0.39 is 10.0 Å². The lowest BCUT2D eigenvalue weighted by Gasteiger charge is -2.30. The minimum absolute atomic E-state index is 0.0344. The minimum Gasteiger partial charge on any atom is -0.465 e. The maximum absolute atomic E-state index is 13.3. The number of nitrogens with zero attached hydrogens (tertiary/aromatic N) is 3. The molecule has 0 aromatic carbocycles. The fourth-order valence-electron chi connectivity index (χ4n) is 3.66. The van der Waals surface area contributed by atoms with Crippen molar-refractivity contribution < 1.29 is 22.2 Å². The second-order valence-electron chi connectivity index (χ2n) is 7.70. The van der Waals surface area contributed by atoms with E-state index in [4.69, 9.17) is 8.94 Å². The quantitative estimate of drug-likeness (QED) is 0.603. The number of carbonyl (C=O) groups is 1. The van der Waals surface area contributed by atoms with Crippen molar-refractivity contribution in [2.24, 2.45) is 5.92 Å². The molecule has 0 spiro atoms. The fourth-order valence-corrected chi connectivity index (χ4v) is 5.38. The van der Waals surface area contributed by atoms with Gasteiger partial charge in [0.15, 0.2) is 10.7 Å². The van der Waals surface area contributed by atoms with E-state index in [0.29, 0.717) is 24.4 Å². The molecule has 9 nitrogen and oxygen atoms in total. The predicted octanol–water partition coefficient (Wildman–Crippen LogP) is 3.49. The molecule has 0 radical (unpaired) electrons. The summed E-state index contributed by atoms with van der Waals surface area (Å²) in [5.74, 6) is 0.772. The molecule has 4 heterocycles. The molecule has 1 fully saturated rings. The summed E-state index contributed by atoms with van der Waals surface area (Å²) >= 11 is 0. The standard InChI is InChI=1S/C22H24N4O5S/c1-15-7-10-23-20(14-15)24-22(27)17-8-11-26(12-9-17)32(28,29)21-16(2)25-31-19(21)6-5-18-4-3-13-30-18/h3-7,10,13-14,17H,8-9,11-12H2,1-2H3,(H,23,24,27). The molecule has 0 saturated carbocycles. The Bertz CT molecular complexity index is 1220. The maximum Gasteiger partial charge on any atom is 0.248 e. The highest BCUT2D eigenvalue weighted by atomic mass is 32.2. The van der Waals surface area contributed by atoms with Gasteiger partial charge in [-0.15, -0.1) is 0 Å². The third kappa shape index (κ3) is 4.66. The summed E-state index contributed by atoms with van der Waals surface area (Å²) in [6.07, 6.45) is 7.14. The smallest absolute Gasteiger partial charge is 0.248 e. The molecule has 0 unspecified atom stereocenters. The number of amides is 1. The third-order valence-corrected chi connectivity index (χ3v) is 7.42. The van der Waals surface area contributed by atoms with E-state index in [1.54, 1.807) is 37.4 Å². The van der Waals surface area contributed by atoms with Gasteiger partial charge < -0.3 is 14.3 Å². The van der Waals surface area contributed by atoms with Crippen LogP contribution in [0.15, 0.2) is 50.6 Å². The monoisotopic (exact) mass is 456 g/mol. The normalized spacial score (nSPS) is 15.9. The molecule has 0 atom stereocenters. The Hall–Kier alpha value is -3.24. The van der Waals surface area contributed by atoms with E-state index >= 15 is 0 Å². The Labute approximate surface area is 186 Å². The summed E-state index contributed by atoms with van der Waals surface area (Å²) in [4.78, 5) is 16.8. The van der Waals surface area contributed by atoms with Gasteiger partial charge in [0, 0.05) is 25.2 Å². The largest absolute Gasteiger partial charge is 0.465 e. The Morgan fingerprint density at radius 3 is 2.69 bits per heavy atom. The number of anilines is 1. The van der Waals surface area contributed by atoms with Gasteiger partial charge in [-0.25, -0.2) is 13.4 Å². The number of sulfonamides is 1. The highest BCUT2D eigenvalue weighted by molar-refractivity contribution is 7.89. The molecule has 1 amide bonds. The molecule has 1 N–H and O–H groups in total. The Morgan fingerprint density at radius 1 is 1.22 bits per heavy atom. The summed E-state index contributed by atoms with van der Waals surface area (Å²) < 4.78 is 38.5. The van der Waals surface area contributed by atoms with Gasteiger partial charge in [0.05, 0.1) is 6.26 Å².